The number of nitrogen functional groups attached to an aromatic ring is 1. The summed E-state index contributed by atoms with van der Waals surface area (Å²) < 4.78 is 0. The monoisotopic (exact) mass is 241 g/mol. The molecule has 18 heavy (non-hydrogen) atoms. The number of hydrogen-bond donors (Lipinski definition) is 3. The second kappa shape index (κ2) is 3.69. The minimum atomic E-state index is -0.113. The summed E-state index contributed by atoms with van der Waals surface area (Å²) in [6, 6.07) is 5.56. The molecule has 0 fully saturated rings. The highest BCUT2D eigenvalue weighted by atomic mass is 16.1. The minimum absolute atomic E-state index is 0.113. The number of aromatic amines is 1. The van der Waals surface area contributed by atoms with E-state index in [4.69, 9.17) is 5.73 Å². The second-order valence-electron chi connectivity index (χ2n) is 4.05. The molecule has 0 unspecified atom stereocenters. The summed E-state index contributed by atoms with van der Waals surface area (Å²) in [4.78, 5) is 22.3. The van der Waals surface area contributed by atoms with E-state index in [1.165, 1.54) is 13.3 Å². The number of benzene rings is 1. The number of fused-ring (bicyclic) bond motifs is 3. The van der Waals surface area contributed by atoms with E-state index in [-0.39, 0.29) is 5.91 Å². The lowest BCUT2D eigenvalue weighted by molar-refractivity contribution is -0.114. The summed E-state index contributed by atoms with van der Waals surface area (Å²) in [6.45, 7) is 1.47. The van der Waals surface area contributed by atoms with Gasteiger partial charge in [0.05, 0.1) is 5.39 Å². The largest absolute Gasteiger partial charge is 0.383 e. The van der Waals surface area contributed by atoms with Gasteiger partial charge in [-0.1, -0.05) is 0 Å². The topological polar surface area (TPSA) is 96.7 Å². The van der Waals surface area contributed by atoms with Gasteiger partial charge in [0.25, 0.3) is 0 Å². The van der Waals surface area contributed by atoms with Crippen LogP contribution in [0.2, 0.25) is 0 Å². The van der Waals surface area contributed by atoms with Crippen molar-refractivity contribution in [3.8, 4) is 0 Å². The molecule has 0 aliphatic heterocycles. The number of carbonyl (C=O) groups is 1. The minimum Gasteiger partial charge on any atom is -0.383 e. The summed E-state index contributed by atoms with van der Waals surface area (Å²) in [7, 11) is 0. The van der Waals surface area contributed by atoms with E-state index in [1.807, 2.05) is 18.2 Å². The summed E-state index contributed by atoms with van der Waals surface area (Å²) in [5.74, 6) is 0.310. The fourth-order valence-corrected chi connectivity index (χ4v) is 2.03. The fraction of sp³-hybridized carbons (Fsp3) is 0.0833. The SMILES string of the molecule is CC(=O)Nc1ccc2[nH]c3ncnc(N)c3c2c1. The molecule has 2 aromatic heterocycles. The smallest absolute Gasteiger partial charge is 0.221 e. The summed E-state index contributed by atoms with van der Waals surface area (Å²) in [6.07, 6.45) is 1.42. The maximum atomic E-state index is 11.0. The predicted octanol–water partition coefficient (Wildman–Crippen LogP) is 1.65. The van der Waals surface area contributed by atoms with E-state index >= 15 is 0 Å². The first kappa shape index (κ1) is 10.5. The van der Waals surface area contributed by atoms with Crippen molar-refractivity contribution in [3.63, 3.8) is 0 Å². The first-order chi connectivity index (χ1) is 8.65. The average molecular weight is 241 g/mol. The third-order valence-electron chi connectivity index (χ3n) is 2.74. The number of nitrogens with zero attached hydrogens (tertiary/aromatic N) is 2. The van der Waals surface area contributed by atoms with Crippen molar-refractivity contribution in [2.24, 2.45) is 0 Å². The third kappa shape index (κ3) is 1.55. The van der Waals surface area contributed by atoms with Gasteiger partial charge < -0.3 is 16.0 Å². The summed E-state index contributed by atoms with van der Waals surface area (Å²) >= 11 is 0. The Hall–Kier alpha value is -2.63. The number of anilines is 2. The van der Waals surface area contributed by atoms with Crippen LogP contribution in [0.3, 0.4) is 0 Å². The van der Waals surface area contributed by atoms with E-state index < -0.39 is 0 Å². The van der Waals surface area contributed by atoms with Crippen LogP contribution in [0.4, 0.5) is 11.5 Å². The third-order valence-corrected chi connectivity index (χ3v) is 2.74. The zero-order valence-corrected chi connectivity index (χ0v) is 9.69. The van der Waals surface area contributed by atoms with Crippen molar-refractivity contribution < 1.29 is 4.79 Å². The van der Waals surface area contributed by atoms with Crippen molar-refractivity contribution in [2.75, 3.05) is 11.1 Å². The van der Waals surface area contributed by atoms with Crippen LogP contribution in [0, 0.1) is 0 Å². The zero-order chi connectivity index (χ0) is 12.7. The van der Waals surface area contributed by atoms with Gasteiger partial charge in [0.1, 0.15) is 17.8 Å². The van der Waals surface area contributed by atoms with E-state index in [2.05, 4.69) is 20.3 Å². The number of H-pyrrole nitrogens is 1. The quantitative estimate of drug-likeness (QED) is 0.603. The lowest BCUT2D eigenvalue weighted by atomic mass is 10.2. The Bertz CT molecular complexity index is 762. The molecule has 3 rings (SSSR count). The van der Waals surface area contributed by atoms with Crippen molar-refractivity contribution in [3.05, 3.63) is 24.5 Å². The number of nitrogens with one attached hydrogen (secondary N) is 2. The van der Waals surface area contributed by atoms with Crippen LogP contribution in [-0.4, -0.2) is 20.9 Å². The van der Waals surface area contributed by atoms with Gasteiger partial charge >= 0.3 is 0 Å². The number of amides is 1. The van der Waals surface area contributed by atoms with Crippen LogP contribution in [0.15, 0.2) is 24.5 Å². The number of carbonyl (C=O) groups excluding carboxylic acids is 1. The predicted molar refractivity (Wildman–Crippen MR) is 70.1 cm³/mol. The van der Waals surface area contributed by atoms with E-state index in [0.29, 0.717) is 11.5 Å². The van der Waals surface area contributed by atoms with E-state index in [1.54, 1.807) is 0 Å². The van der Waals surface area contributed by atoms with Crippen molar-refractivity contribution in [1.29, 1.82) is 0 Å². The molecule has 0 spiro atoms. The van der Waals surface area contributed by atoms with Gasteiger partial charge in [-0.3, -0.25) is 4.79 Å². The van der Waals surface area contributed by atoms with Crippen LogP contribution in [0.5, 0.6) is 0 Å². The molecule has 0 saturated heterocycles. The molecule has 6 heteroatoms. The van der Waals surface area contributed by atoms with Gasteiger partial charge in [-0.25, -0.2) is 9.97 Å². The first-order valence-corrected chi connectivity index (χ1v) is 5.44. The number of rotatable bonds is 1. The summed E-state index contributed by atoms with van der Waals surface area (Å²) in [5, 5.41) is 4.41. The molecule has 1 aromatic carbocycles. The highest BCUT2D eigenvalue weighted by molar-refractivity contribution is 6.11. The number of nitrogens with two attached hydrogens (primary N) is 1. The molecule has 3 aromatic rings. The second-order valence-corrected chi connectivity index (χ2v) is 4.05. The molecule has 6 nitrogen and oxygen atoms in total. The van der Waals surface area contributed by atoms with Crippen molar-refractivity contribution in [1.82, 2.24) is 15.0 Å². The molecule has 90 valence electrons. The number of aromatic nitrogens is 3. The Morgan fingerprint density at radius 3 is 3.00 bits per heavy atom. The Morgan fingerprint density at radius 1 is 1.39 bits per heavy atom. The molecule has 1 amide bonds. The average Bonchev–Trinajstić information content (AvgIpc) is 2.67. The maximum Gasteiger partial charge on any atom is 0.221 e. The molecule has 4 N–H and O–H groups in total. The van der Waals surface area contributed by atoms with Crippen LogP contribution >= 0.6 is 0 Å². The van der Waals surface area contributed by atoms with Crippen molar-refractivity contribution >= 4 is 39.3 Å². The molecular weight excluding hydrogens is 230 g/mol. The first-order valence-electron chi connectivity index (χ1n) is 5.44. The lowest BCUT2D eigenvalue weighted by Gasteiger charge is -2.01. The van der Waals surface area contributed by atoms with Gasteiger partial charge in [-0.2, -0.15) is 0 Å². The number of hydrogen-bond acceptors (Lipinski definition) is 4. The maximum absolute atomic E-state index is 11.0. The normalized spacial score (nSPS) is 10.9. The Labute approximate surface area is 102 Å². The molecule has 2 heterocycles. The van der Waals surface area contributed by atoms with E-state index in [0.717, 1.165) is 22.0 Å². The van der Waals surface area contributed by atoms with Crippen LogP contribution in [0.25, 0.3) is 21.9 Å². The molecule has 0 aliphatic rings. The highest BCUT2D eigenvalue weighted by Gasteiger charge is 2.09. The standard InChI is InChI=1S/C12H11N5O/c1-6(18)16-7-2-3-9-8(4-7)10-11(13)14-5-15-12(10)17-9/h2-5H,1H3,(H,16,18)(H3,13,14,15,17). The van der Waals surface area contributed by atoms with Crippen molar-refractivity contribution in [2.45, 2.75) is 6.92 Å². The van der Waals surface area contributed by atoms with Crippen LogP contribution in [-0.2, 0) is 4.79 Å². The lowest BCUT2D eigenvalue weighted by Crippen LogP contribution is -2.05. The molecule has 0 aliphatic carbocycles. The van der Waals surface area contributed by atoms with Gasteiger partial charge in [-0.05, 0) is 18.2 Å². The van der Waals surface area contributed by atoms with Crippen LogP contribution in [0.1, 0.15) is 6.92 Å². The molecule has 0 radical (unpaired) electrons. The van der Waals surface area contributed by atoms with Gasteiger partial charge in [0, 0.05) is 23.5 Å². The fourth-order valence-electron chi connectivity index (χ4n) is 2.03. The molecule has 0 atom stereocenters. The zero-order valence-electron chi connectivity index (χ0n) is 9.69. The Balaban J connectivity index is 2.31. The Kier molecular flexibility index (Phi) is 2.16. The molecule has 0 saturated carbocycles. The highest BCUT2D eigenvalue weighted by Crippen LogP contribution is 2.29. The van der Waals surface area contributed by atoms with Gasteiger partial charge in [-0.15, -0.1) is 0 Å². The molecular formula is C12H11N5O. The van der Waals surface area contributed by atoms with E-state index in [9.17, 15) is 4.79 Å². The van der Waals surface area contributed by atoms with Gasteiger partial charge in [0.2, 0.25) is 5.91 Å². The van der Waals surface area contributed by atoms with Gasteiger partial charge in [0.15, 0.2) is 0 Å². The Morgan fingerprint density at radius 2 is 2.22 bits per heavy atom. The van der Waals surface area contributed by atoms with Crippen LogP contribution < -0.4 is 11.1 Å². The molecule has 0 bridgehead atoms. The summed E-state index contributed by atoms with van der Waals surface area (Å²) in [5.41, 5.74) is 8.18.